The predicted octanol–water partition coefficient (Wildman–Crippen LogP) is 4.14. The fourth-order valence-electron chi connectivity index (χ4n) is 3.94. The Labute approximate surface area is 151 Å². The number of carbonyl (C=O) groups is 1. The van der Waals surface area contributed by atoms with Crippen molar-refractivity contribution >= 4 is 11.6 Å². The van der Waals surface area contributed by atoms with Crippen molar-refractivity contribution in [2.75, 3.05) is 18.5 Å². The van der Waals surface area contributed by atoms with E-state index in [4.69, 9.17) is 0 Å². The van der Waals surface area contributed by atoms with E-state index in [9.17, 15) is 4.79 Å². The van der Waals surface area contributed by atoms with Gasteiger partial charge in [-0.05, 0) is 50.4 Å². The van der Waals surface area contributed by atoms with Gasteiger partial charge in [0.15, 0.2) is 0 Å². The standard InChI is InChI=1S/C22H28N2O/c1-18(25)24(20-11-7-4-8-12-20)22-15-16-23(2)21(17-22)14-13-19-9-5-3-6-10-19/h3-12,21-22H,13-17H2,1-2H3. The molecule has 2 unspecified atom stereocenters. The minimum absolute atomic E-state index is 0.141. The molecule has 0 aromatic heterocycles. The Hall–Kier alpha value is -2.13. The van der Waals surface area contributed by atoms with Gasteiger partial charge in [0.1, 0.15) is 0 Å². The third-order valence-electron chi connectivity index (χ3n) is 5.33. The molecule has 0 N–H and O–H groups in total. The molecule has 1 aliphatic heterocycles. The van der Waals surface area contributed by atoms with Gasteiger partial charge in [0.2, 0.25) is 5.91 Å². The molecule has 25 heavy (non-hydrogen) atoms. The molecule has 2 aromatic rings. The molecule has 3 nitrogen and oxygen atoms in total. The number of amides is 1. The van der Waals surface area contributed by atoms with Gasteiger partial charge in [-0.2, -0.15) is 0 Å². The van der Waals surface area contributed by atoms with Crippen LogP contribution in [0.1, 0.15) is 31.7 Å². The molecule has 2 atom stereocenters. The summed E-state index contributed by atoms with van der Waals surface area (Å²) in [6.07, 6.45) is 4.30. The average Bonchev–Trinajstić information content (AvgIpc) is 2.63. The molecule has 3 rings (SSSR count). The van der Waals surface area contributed by atoms with Crippen molar-refractivity contribution in [2.45, 2.75) is 44.7 Å². The first-order valence-electron chi connectivity index (χ1n) is 9.24. The highest BCUT2D eigenvalue weighted by atomic mass is 16.2. The Bertz CT molecular complexity index is 671. The molecule has 3 heteroatoms. The Morgan fingerprint density at radius 1 is 1.08 bits per heavy atom. The zero-order valence-electron chi connectivity index (χ0n) is 15.3. The SMILES string of the molecule is CC(=O)N(c1ccccc1)C1CCN(C)C(CCc2ccccc2)C1. The second kappa shape index (κ2) is 8.30. The first kappa shape index (κ1) is 17.7. The molecule has 0 spiro atoms. The predicted molar refractivity (Wildman–Crippen MR) is 104 cm³/mol. The summed E-state index contributed by atoms with van der Waals surface area (Å²) >= 11 is 0. The van der Waals surface area contributed by atoms with Crippen LogP contribution < -0.4 is 4.90 Å². The van der Waals surface area contributed by atoms with Gasteiger partial charge in [-0.3, -0.25) is 4.79 Å². The van der Waals surface area contributed by atoms with E-state index >= 15 is 0 Å². The van der Waals surface area contributed by atoms with Crippen molar-refractivity contribution in [3.8, 4) is 0 Å². The van der Waals surface area contributed by atoms with Gasteiger partial charge in [-0.1, -0.05) is 48.5 Å². The smallest absolute Gasteiger partial charge is 0.224 e. The van der Waals surface area contributed by atoms with Gasteiger partial charge < -0.3 is 9.80 Å². The van der Waals surface area contributed by atoms with E-state index < -0.39 is 0 Å². The van der Waals surface area contributed by atoms with Crippen molar-refractivity contribution in [1.29, 1.82) is 0 Å². The molecular formula is C22H28N2O. The van der Waals surface area contributed by atoms with Gasteiger partial charge in [-0.25, -0.2) is 0 Å². The molecule has 1 aliphatic rings. The number of benzene rings is 2. The lowest BCUT2D eigenvalue weighted by Crippen LogP contribution is -2.50. The fourth-order valence-corrected chi connectivity index (χ4v) is 3.94. The third kappa shape index (κ3) is 4.49. The van der Waals surface area contributed by atoms with Crippen LogP contribution in [0.5, 0.6) is 0 Å². The van der Waals surface area contributed by atoms with Gasteiger partial charge in [0.25, 0.3) is 0 Å². The van der Waals surface area contributed by atoms with E-state index in [1.54, 1.807) is 6.92 Å². The van der Waals surface area contributed by atoms with E-state index in [-0.39, 0.29) is 11.9 Å². The van der Waals surface area contributed by atoms with Gasteiger partial charge in [0, 0.05) is 31.2 Å². The minimum Gasteiger partial charge on any atom is -0.310 e. The summed E-state index contributed by atoms with van der Waals surface area (Å²) in [6, 6.07) is 21.6. The third-order valence-corrected chi connectivity index (χ3v) is 5.33. The van der Waals surface area contributed by atoms with Crippen LogP contribution >= 0.6 is 0 Å². The lowest BCUT2D eigenvalue weighted by Gasteiger charge is -2.42. The molecule has 1 heterocycles. The Balaban J connectivity index is 1.69. The van der Waals surface area contributed by atoms with Crippen molar-refractivity contribution in [3.05, 3.63) is 66.2 Å². The number of anilines is 1. The maximum absolute atomic E-state index is 12.3. The van der Waals surface area contributed by atoms with Crippen molar-refractivity contribution in [3.63, 3.8) is 0 Å². The second-order valence-corrected chi connectivity index (χ2v) is 7.06. The van der Waals surface area contributed by atoms with Crippen LogP contribution in [-0.4, -0.2) is 36.5 Å². The van der Waals surface area contributed by atoms with E-state index in [2.05, 4.69) is 42.3 Å². The number of hydrogen-bond donors (Lipinski definition) is 0. The number of nitrogens with zero attached hydrogens (tertiary/aromatic N) is 2. The lowest BCUT2D eigenvalue weighted by molar-refractivity contribution is -0.117. The van der Waals surface area contributed by atoms with Crippen LogP contribution in [-0.2, 0) is 11.2 Å². The summed E-state index contributed by atoms with van der Waals surface area (Å²) in [4.78, 5) is 16.8. The Morgan fingerprint density at radius 3 is 2.36 bits per heavy atom. The van der Waals surface area contributed by atoms with E-state index in [1.807, 2.05) is 35.2 Å². The number of para-hydroxylation sites is 1. The summed E-state index contributed by atoms with van der Waals surface area (Å²) in [5.74, 6) is 0.141. The Morgan fingerprint density at radius 2 is 1.72 bits per heavy atom. The quantitative estimate of drug-likeness (QED) is 0.819. The summed E-state index contributed by atoms with van der Waals surface area (Å²) in [6.45, 7) is 2.73. The van der Waals surface area contributed by atoms with Crippen LogP contribution in [0.15, 0.2) is 60.7 Å². The lowest BCUT2D eigenvalue weighted by atomic mass is 9.91. The van der Waals surface area contributed by atoms with Crippen molar-refractivity contribution in [1.82, 2.24) is 4.90 Å². The topological polar surface area (TPSA) is 23.6 Å². The monoisotopic (exact) mass is 336 g/mol. The number of likely N-dealkylation sites (tertiary alicyclic amines) is 1. The highest BCUT2D eigenvalue weighted by molar-refractivity contribution is 5.92. The van der Waals surface area contributed by atoms with Crippen LogP contribution in [0, 0.1) is 0 Å². The molecule has 132 valence electrons. The fraction of sp³-hybridized carbons (Fsp3) is 0.409. The van der Waals surface area contributed by atoms with Gasteiger partial charge in [0.05, 0.1) is 0 Å². The number of hydrogen-bond acceptors (Lipinski definition) is 2. The van der Waals surface area contributed by atoms with Crippen molar-refractivity contribution in [2.24, 2.45) is 0 Å². The highest BCUT2D eigenvalue weighted by Gasteiger charge is 2.31. The number of piperidine rings is 1. The zero-order chi connectivity index (χ0) is 17.6. The summed E-state index contributed by atoms with van der Waals surface area (Å²) in [5, 5.41) is 0. The molecular weight excluding hydrogens is 308 g/mol. The summed E-state index contributed by atoms with van der Waals surface area (Å²) < 4.78 is 0. The summed E-state index contributed by atoms with van der Waals surface area (Å²) in [5.41, 5.74) is 2.41. The van der Waals surface area contributed by atoms with Crippen LogP contribution in [0.3, 0.4) is 0 Å². The van der Waals surface area contributed by atoms with Crippen molar-refractivity contribution < 1.29 is 4.79 Å². The van der Waals surface area contributed by atoms with E-state index in [0.717, 1.165) is 37.9 Å². The minimum atomic E-state index is 0.141. The molecule has 1 saturated heterocycles. The Kier molecular flexibility index (Phi) is 5.87. The normalized spacial score (nSPS) is 21.0. The molecule has 0 bridgehead atoms. The largest absolute Gasteiger partial charge is 0.310 e. The zero-order valence-corrected chi connectivity index (χ0v) is 15.3. The molecule has 1 fully saturated rings. The average molecular weight is 336 g/mol. The molecule has 1 amide bonds. The maximum Gasteiger partial charge on any atom is 0.224 e. The molecule has 2 aromatic carbocycles. The van der Waals surface area contributed by atoms with Gasteiger partial charge in [-0.15, -0.1) is 0 Å². The number of rotatable bonds is 5. The maximum atomic E-state index is 12.3. The first-order chi connectivity index (χ1) is 12.1. The number of aryl methyl sites for hydroxylation is 1. The van der Waals surface area contributed by atoms with Gasteiger partial charge >= 0.3 is 0 Å². The molecule has 0 saturated carbocycles. The van der Waals surface area contributed by atoms with E-state index in [0.29, 0.717) is 6.04 Å². The number of carbonyl (C=O) groups excluding carboxylic acids is 1. The summed E-state index contributed by atoms with van der Waals surface area (Å²) in [7, 11) is 2.21. The van der Waals surface area contributed by atoms with Crippen LogP contribution in [0.4, 0.5) is 5.69 Å². The first-order valence-corrected chi connectivity index (χ1v) is 9.24. The van der Waals surface area contributed by atoms with Crippen LogP contribution in [0.2, 0.25) is 0 Å². The second-order valence-electron chi connectivity index (χ2n) is 7.06. The van der Waals surface area contributed by atoms with Crippen LogP contribution in [0.25, 0.3) is 0 Å². The van der Waals surface area contributed by atoms with E-state index in [1.165, 1.54) is 5.56 Å². The molecule has 0 aliphatic carbocycles. The highest BCUT2D eigenvalue weighted by Crippen LogP contribution is 2.28. The molecule has 0 radical (unpaired) electrons.